The lowest BCUT2D eigenvalue weighted by molar-refractivity contribution is -0.149. The molecule has 0 aliphatic heterocycles. The first-order valence-corrected chi connectivity index (χ1v) is 7.00. The Morgan fingerprint density at radius 3 is 2.70 bits per heavy atom. The van der Waals surface area contributed by atoms with Crippen LogP contribution in [-0.4, -0.2) is 22.6 Å². The van der Waals surface area contributed by atoms with Crippen LogP contribution >= 0.6 is 0 Å². The molecule has 0 unspecified atom stereocenters. The van der Waals surface area contributed by atoms with E-state index in [-0.39, 0.29) is 0 Å². The minimum absolute atomic E-state index is 0.334. The lowest BCUT2D eigenvalue weighted by atomic mass is 9.80. The highest BCUT2D eigenvalue weighted by molar-refractivity contribution is 5.75. The summed E-state index contributed by atoms with van der Waals surface area (Å²) in [6, 6.07) is 5.38. The van der Waals surface area contributed by atoms with Crippen molar-refractivity contribution < 1.29 is 9.90 Å². The fraction of sp³-hybridized carbons (Fsp3) is 0.533. The van der Waals surface area contributed by atoms with Gasteiger partial charge in [0.05, 0.1) is 5.41 Å². The average Bonchev–Trinajstić information content (AvgIpc) is 2.72. The van der Waals surface area contributed by atoms with E-state index in [9.17, 15) is 9.90 Å². The summed E-state index contributed by atoms with van der Waals surface area (Å²) in [4.78, 5) is 15.6. The van der Waals surface area contributed by atoms with Crippen LogP contribution in [0.1, 0.15) is 44.2 Å². The first-order chi connectivity index (χ1) is 9.66. The van der Waals surface area contributed by atoms with Crippen LogP contribution in [0.3, 0.4) is 0 Å². The lowest BCUT2D eigenvalue weighted by Crippen LogP contribution is -2.37. The number of hydrogen-bond acceptors (Lipinski definition) is 4. The molecule has 0 saturated heterocycles. The van der Waals surface area contributed by atoms with Crippen molar-refractivity contribution in [3.05, 3.63) is 24.0 Å². The maximum atomic E-state index is 11.7. The highest BCUT2D eigenvalue weighted by Crippen LogP contribution is 2.35. The molecule has 1 aromatic heterocycles. The lowest BCUT2D eigenvalue weighted by Gasteiger charge is -2.28. The van der Waals surface area contributed by atoms with Crippen LogP contribution < -0.4 is 5.32 Å². The number of nitriles is 1. The zero-order valence-corrected chi connectivity index (χ0v) is 11.4. The summed E-state index contributed by atoms with van der Waals surface area (Å²) < 4.78 is 0. The Kier molecular flexibility index (Phi) is 4.57. The van der Waals surface area contributed by atoms with Gasteiger partial charge in [-0.3, -0.25) is 4.79 Å². The molecular formula is C15H19N3O2. The number of aliphatic carboxylic acids is 1. The quantitative estimate of drug-likeness (QED) is 0.824. The summed E-state index contributed by atoms with van der Waals surface area (Å²) in [6.45, 7) is 0.400. The molecule has 0 aromatic carbocycles. The van der Waals surface area contributed by atoms with Gasteiger partial charge in [-0.25, -0.2) is 4.98 Å². The molecular weight excluding hydrogens is 254 g/mol. The number of pyridine rings is 1. The van der Waals surface area contributed by atoms with E-state index in [2.05, 4.69) is 10.3 Å². The Morgan fingerprint density at radius 2 is 2.10 bits per heavy atom. The summed E-state index contributed by atoms with van der Waals surface area (Å²) in [7, 11) is 0. The van der Waals surface area contributed by atoms with E-state index in [0.717, 1.165) is 31.4 Å². The zero-order valence-electron chi connectivity index (χ0n) is 11.4. The van der Waals surface area contributed by atoms with Crippen molar-refractivity contribution >= 4 is 11.7 Å². The third-order valence-corrected chi connectivity index (χ3v) is 4.02. The van der Waals surface area contributed by atoms with Crippen LogP contribution in [0.15, 0.2) is 18.3 Å². The van der Waals surface area contributed by atoms with Crippen molar-refractivity contribution in [1.29, 1.82) is 5.26 Å². The Bertz CT molecular complexity index is 514. The standard InChI is InChI=1S/C15H19N3O2/c16-10-13-9-12(5-8-17-13)18-11-15(14(19)20)6-3-1-2-4-7-15/h5,8-9H,1-4,6-7,11H2,(H,17,18)(H,19,20). The fourth-order valence-corrected chi connectivity index (χ4v) is 2.74. The monoisotopic (exact) mass is 273 g/mol. The van der Waals surface area contributed by atoms with Crippen LogP contribution in [0.2, 0.25) is 0 Å². The van der Waals surface area contributed by atoms with E-state index >= 15 is 0 Å². The Morgan fingerprint density at radius 1 is 1.40 bits per heavy atom. The Hall–Kier alpha value is -2.09. The molecule has 1 aliphatic carbocycles. The number of carboxylic acid groups (broad SMARTS) is 1. The number of carboxylic acids is 1. The number of nitrogens with zero attached hydrogens (tertiary/aromatic N) is 2. The minimum Gasteiger partial charge on any atom is -0.481 e. The van der Waals surface area contributed by atoms with Crippen molar-refractivity contribution in [2.24, 2.45) is 5.41 Å². The summed E-state index contributed by atoms with van der Waals surface area (Å²) in [5.74, 6) is -0.721. The second kappa shape index (κ2) is 6.38. The van der Waals surface area contributed by atoms with Crippen molar-refractivity contribution in [3.8, 4) is 6.07 Å². The number of rotatable bonds is 4. The van der Waals surface area contributed by atoms with Gasteiger partial charge in [0, 0.05) is 18.4 Å². The highest BCUT2D eigenvalue weighted by Gasteiger charge is 2.38. The molecule has 1 aromatic rings. The molecule has 106 valence electrons. The first-order valence-electron chi connectivity index (χ1n) is 7.00. The predicted molar refractivity (Wildman–Crippen MR) is 75.2 cm³/mol. The molecule has 0 atom stereocenters. The number of nitrogens with one attached hydrogen (secondary N) is 1. The predicted octanol–water partition coefficient (Wildman–Crippen LogP) is 2.79. The maximum Gasteiger partial charge on any atom is 0.311 e. The van der Waals surface area contributed by atoms with E-state index in [1.165, 1.54) is 0 Å². The van der Waals surface area contributed by atoms with Crippen LogP contribution in [0, 0.1) is 16.7 Å². The van der Waals surface area contributed by atoms with E-state index in [1.54, 1.807) is 18.3 Å². The van der Waals surface area contributed by atoms with Gasteiger partial charge in [0.2, 0.25) is 0 Å². The van der Waals surface area contributed by atoms with Gasteiger partial charge >= 0.3 is 5.97 Å². The fourth-order valence-electron chi connectivity index (χ4n) is 2.74. The molecule has 1 saturated carbocycles. The molecule has 1 fully saturated rings. The van der Waals surface area contributed by atoms with Crippen LogP contribution in [0.4, 0.5) is 5.69 Å². The van der Waals surface area contributed by atoms with Gasteiger partial charge in [-0.1, -0.05) is 25.7 Å². The van der Waals surface area contributed by atoms with Gasteiger partial charge in [0.25, 0.3) is 0 Å². The van der Waals surface area contributed by atoms with Gasteiger partial charge in [0.15, 0.2) is 0 Å². The van der Waals surface area contributed by atoms with Crippen LogP contribution in [0.5, 0.6) is 0 Å². The smallest absolute Gasteiger partial charge is 0.311 e. The molecule has 0 amide bonds. The average molecular weight is 273 g/mol. The minimum atomic E-state index is -0.721. The number of carbonyl (C=O) groups is 1. The van der Waals surface area contributed by atoms with E-state index in [0.29, 0.717) is 25.1 Å². The molecule has 2 N–H and O–H groups in total. The first kappa shape index (κ1) is 14.3. The molecule has 1 heterocycles. The molecule has 2 rings (SSSR count). The maximum absolute atomic E-state index is 11.7. The normalized spacial score (nSPS) is 17.8. The van der Waals surface area contributed by atoms with Gasteiger partial charge in [-0.2, -0.15) is 5.26 Å². The largest absolute Gasteiger partial charge is 0.481 e. The summed E-state index contributed by atoms with van der Waals surface area (Å²) >= 11 is 0. The van der Waals surface area contributed by atoms with Gasteiger partial charge < -0.3 is 10.4 Å². The molecule has 5 nitrogen and oxygen atoms in total. The third kappa shape index (κ3) is 3.27. The third-order valence-electron chi connectivity index (χ3n) is 4.02. The Labute approximate surface area is 118 Å². The molecule has 0 radical (unpaired) electrons. The van der Waals surface area contributed by atoms with E-state index in [4.69, 9.17) is 5.26 Å². The van der Waals surface area contributed by atoms with Gasteiger partial charge in [-0.15, -0.1) is 0 Å². The zero-order chi connectivity index (χ0) is 14.4. The van der Waals surface area contributed by atoms with Crippen LogP contribution in [0.25, 0.3) is 0 Å². The molecule has 20 heavy (non-hydrogen) atoms. The van der Waals surface area contributed by atoms with Gasteiger partial charge in [0.1, 0.15) is 11.8 Å². The second-order valence-corrected chi connectivity index (χ2v) is 5.39. The van der Waals surface area contributed by atoms with Crippen LogP contribution in [-0.2, 0) is 4.79 Å². The SMILES string of the molecule is N#Cc1cc(NCC2(C(=O)O)CCCCCC2)ccn1. The Balaban J connectivity index is 2.08. The summed E-state index contributed by atoms with van der Waals surface area (Å²) in [6.07, 6.45) is 7.14. The summed E-state index contributed by atoms with van der Waals surface area (Å²) in [5.41, 5.74) is 0.397. The molecule has 5 heteroatoms. The number of hydrogen-bond donors (Lipinski definition) is 2. The van der Waals surface area contributed by atoms with E-state index < -0.39 is 11.4 Å². The van der Waals surface area contributed by atoms with E-state index in [1.807, 2.05) is 6.07 Å². The number of aromatic nitrogens is 1. The second-order valence-electron chi connectivity index (χ2n) is 5.39. The highest BCUT2D eigenvalue weighted by atomic mass is 16.4. The van der Waals surface area contributed by atoms with Gasteiger partial charge in [-0.05, 0) is 25.0 Å². The van der Waals surface area contributed by atoms with Crippen molar-refractivity contribution in [2.75, 3.05) is 11.9 Å². The van der Waals surface area contributed by atoms with Crippen molar-refractivity contribution in [3.63, 3.8) is 0 Å². The molecule has 0 bridgehead atoms. The summed E-state index contributed by atoms with van der Waals surface area (Å²) in [5, 5.41) is 21.6. The molecule has 0 spiro atoms. The number of anilines is 1. The topological polar surface area (TPSA) is 86.0 Å². The van der Waals surface area contributed by atoms with Crippen molar-refractivity contribution in [1.82, 2.24) is 4.98 Å². The van der Waals surface area contributed by atoms with Crippen molar-refractivity contribution in [2.45, 2.75) is 38.5 Å². The molecule has 1 aliphatic rings.